The van der Waals surface area contributed by atoms with Crippen LogP contribution in [0, 0.1) is 6.29 Å². The van der Waals surface area contributed by atoms with Gasteiger partial charge in [-0.15, -0.1) is 0 Å². The van der Waals surface area contributed by atoms with Crippen molar-refractivity contribution in [1.82, 2.24) is 0 Å². The first-order valence-corrected chi connectivity index (χ1v) is 3.30. The molecule has 4 atom stereocenters. The third kappa shape index (κ3) is 1.52. The highest BCUT2D eigenvalue weighted by molar-refractivity contribution is 4.94. The van der Waals surface area contributed by atoms with Gasteiger partial charge in [-0.3, -0.25) is 0 Å². The molecule has 0 aliphatic carbocycles. The van der Waals surface area contributed by atoms with E-state index in [2.05, 4.69) is 4.74 Å². The van der Waals surface area contributed by atoms with Gasteiger partial charge in [-0.25, -0.2) is 0 Å². The lowest BCUT2D eigenvalue weighted by molar-refractivity contribution is -0.219. The number of ether oxygens (including phenoxy) is 1. The quantitative estimate of drug-likeness (QED) is 0.343. The molecule has 0 saturated carbocycles. The van der Waals surface area contributed by atoms with E-state index in [0.29, 0.717) is 0 Å². The second-order valence-corrected chi connectivity index (χ2v) is 2.59. The Morgan fingerprint density at radius 2 is 1.73 bits per heavy atom. The van der Waals surface area contributed by atoms with Crippen molar-refractivity contribution in [3.63, 3.8) is 0 Å². The van der Waals surface area contributed by atoms with Gasteiger partial charge in [-0.05, 0) is 6.92 Å². The largest absolute Gasteiger partial charge is 0.388 e. The second-order valence-electron chi connectivity index (χ2n) is 2.59. The molecule has 1 rings (SSSR count). The van der Waals surface area contributed by atoms with Gasteiger partial charge in [-0.1, -0.05) is 0 Å². The molecule has 1 fully saturated rings. The summed E-state index contributed by atoms with van der Waals surface area (Å²) in [5.74, 6) is 0. The van der Waals surface area contributed by atoms with Crippen LogP contribution in [0.15, 0.2) is 0 Å². The van der Waals surface area contributed by atoms with Crippen molar-refractivity contribution in [2.24, 2.45) is 0 Å². The Bertz CT molecular complexity index is 125. The van der Waals surface area contributed by atoms with Gasteiger partial charge < -0.3 is 25.2 Å². The molecule has 0 aromatic heterocycles. The summed E-state index contributed by atoms with van der Waals surface area (Å²) in [6.07, 6.45) is -5.40. The van der Waals surface area contributed by atoms with Gasteiger partial charge in [0.05, 0.1) is 6.10 Å². The average molecular weight is 163 g/mol. The highest BCUT2D eigenvalue weighted by atomic mass is 16.6. The molecule has 65 valence electrons. The van der Waals surface area contributed by atoms with E-state index >= 15 is 0 Å². The highest BCUT2D eigenvalue weighted by Gasteiger charge is 2.41. The molecule has 0 unspecified atom stereocenters. The van der Waals surface area contributed by atoms with E-state index in [9.17, 15) is 0 Å². The molecule has 0 aromatic carbocycles. The first-order valence-electron chi connectivity index (χ1n) is 3.30. The third-order valence-electron chi connectivity index (χ3n) is 1.71. The van der Waals surface area contributed by atoms with Crippen molar-refractivity contribution in [3.05, 3.63) is 6.29 Å². The van der Waals surface area contributed by atoms with Gasteiger partial charge in [0.1, 0.15) is 18.3 Å². The number of hydrogen-bond donors (Lipinski definition) is 4. The molecule has 11 heavy (non-hydrogen) atoms. The smallest absolute Gasteiger partial charge is 0.253 e. The van der Waals surface area contributed by atoms with E-state index in [1.165, 1.54) is 6.92 Å². The molecule has 1 heterocycles. The number of aliphatic hydroxyl groups excluding tert-OH is 4. The summed E-state index contributed by atoms with van der Waals surface area (Å²) in [7, 11) is 0. The van der Waals surface area contributed by atoms with Crippen molar-refractivity contribution in [2.45, 2.75) is 31.3 Å². The maximum atomic E-state index is 9.07. The molecular weight excluding hydrogens is 152 g/mol. The van der Waals surface area contributed by atoms with Crippen LogP contribution >= 0.6 is 0 Å². The Kier molecular flexibility index (Phi) is 2.46. The van der Waals surface area contributed by atoms with Crippen molar-refractivity contribution < 1.29 is 25.2 Å². The minimum absolute atomic E-state index is 0.643. The molecule has 5 nitrogen and oxygen atoms in total. The molecule has 0 bridgehead atoms. The third-order valence-corrected chi connectivity index (χ3v) is 1.71. The van der Waals surface area contributed by atoms with Crippen LogP contribution < -0.4 is 0 Å². The lowest BCUT2D eigenvalue weighted by Gasteiger charge is -2.35. The van der Waals surface area contributed by atoms with Crippen molar-refractivity contribution in [1.29, 1.82) is 0 Å². The summed E-state index contributed by atoms with van der Waals surface area (Å²) in [6, 6.07) is 0. The van der Waals surface area contributed by atoms with Crippen LogP contribution in [0.3, 0.4) is 0 Å². The zero-order valence-corrected chi connectivity index (χ0v) is 6.01. The SMILES string of the molecule is C[C@H]1O[C](O)[C@@H](O)[C@@H](O)[C@H]1O. The topological polar surface area (TPSA) is 90.2 Å². The fourth-order valence-corrected chi connectivity index (χ4v) is 0.940. The van der Waals surface area contributed by atoms with Crippen LogP contribution in [0.1, 0.15) is 6.92 Å². The first-order chi connectivity index (χ1) is 5.04. The van der Waals surface area contributed by atoms with Crippen LogP contribution in [0.25, 0.3) is 0 Å². The molecule has 0 amide bonds. The van der Waals surface area contributed by atoms with Crippen LogP contribution in [-0.2, 0) is 4.74 Å². The Labute approximate surface area is 63.8 Å². The predicted molar refractivity (Wildman–Crippen MR) is 33.7 cm³/mol. The molecule has 4 N–H and O–H groups in total. The van der Waals surface area contributed by atoms with Gasteiger partial charge in [0.25, 0.3) is 6.29 Å². The van der Waals surface area contributed by atoms with Crippen LogP contribution in [-0.4, -0.2) is 44.8 Å². The Morgan fingerprint density at radius 3 is 2.27 bits per heavy atom. The number of aliphatic hydroxyl groups is 4. The minimum Gasteiger partial charge on any atom is -0.388 e. The normalized spacial score (nSPS) is 47.7. The van der Waals surface area contributed by atoms with Crippen LogP contribution in [0.2, 0.25) is 0 Å². The number of rotatable bonds is 0. The Hall–Kier alpha value is -0.200. The first kappa shape index (κ1) is 8.89. The van der Waals surface area contributed by atoms with Gasteiger partial charge in [0, 0.05) is 0 Å². The summed E-state index contributed by atoms with van der Waals surface area (Å²) >= 11 is 0. The van der Waals surface area contributed by atoms with Gasteiger partial charge >= 0.3 is 0 Å². The monoisotopic (exact) mass is 163 g/mol. The van der Waals surface area contributed by atoms with Crippen molar-refractivity contribution in [3.8, 4) is 0 Å². The van der Waals surface area contributed by atoms with Crippen molar-refractivity contribution in [2.75, 3.05) is 0 Å². The van der Waals surface area contributed by atoms with E-state index in [0.717, 1.165) is 0 Å². The lowest BCUT2D eigenvalue weighted by atomic mass is 10.0. The van der Waals surface area contributed by atoms with E-state index < -0.39 is 30.7 Å². The van der Waals surface area contributed by atoms with Crippen LogP contribution in [0.4, 0.5) is 0 Å². The Morgan fingerprint density at radius 1 is 1.18 bits per heavy atom. The molecule has 1 radical (unpaired) electrons. The summed E-state index contributed by atoms with van der Waals surface area (Å²) in [5, 5.41) is 35.8. The predicted octanol–water partition coefficient (Wildman–Crippen LogP) is -1.65. The lowest BCUT2D eigenvalue weighted by Crippen LogP contribution is -2.53. The maximum absolute atomic E-state index is 9.07. The maximum Gasteiger partial charge on any atom is 0.253 e. The zero-order valence-electron chi connectivity index (χ0n) is 6.01. The molecule has 1 aliphatic rings. The van der Waals surface area contributed by atoms with Gasteiger partial charge in [0.15, 0.2) is 0 Å². The summed E-state index contributed by atoms with van der Waals surface area (Å²) < 4.78 is 4.59. The van der Waals surface area contributed by atoms with E-state index in [-0.39, 0.29) is 0 Å². The molecular formula is C6H11O5. The molecule has 5 heteroatoms. The summed E-state index contributed by atoms with van der Waals surface area (Å²) in [6.45, 7) is 1.48. The van der Waals surface area contributed by atoms with Crippen molar-refractivity contribution >= 4 is 0 Å². The van der Waals surface area contributed by atoms with E-state index in [1.807, 2.05) is 0 Å². The minimum atomic E-state index is -1.51. The average Bonchev–Trinajstić information content (AvgIpc) is 1.97. The molecule has 1 aliphatic heterocycles. The zero-order chi connectivity index (χ0) is 8.59. The highest BCUT2D eigenvalue weighted by Crippen LogP contribution is 2.23. The van der Waals surface area contributed by atoms with Gasteiger partial charge in [-0.2, -0.15) is 0 Å². The standard InChI is InChI=1S/C6H11O5/c1-2-3(7)4(8)5(9)6(10)11-2/h2-5,7-10H,1H3/t2-,3+,4+,5+/m1/s1. The Balaban J connectivity index is 2.63. The van der Waals surface area contributed by atoms with E-state index in [4.69, 9.17) is 20.4 Å². The molecule has 1 saturated heterocycles. The second kappa shape index (κ2) is 3.04. The van der Waals surface area contributed by atoms with Crippen LogP contribution in [0.5, 0.6) is 0 Å². The summed E-state index contributed by atoms with van der Waals surface area (Å²) in [5.41, 5.74) is 0. The van der Waals surface area contributed by atoms with E-state index in [1.54, 1.807) is 0 Å². The van der Waals surface area contributed by atoms with Gasteiger partial charge in [0.2, 0.25) is 0 Å². The molecule has 0 aromatic rings. The number of hydrogen-bond acceptors (Lipinski definition) is 5. The fourth-order valence-electron chi connectivity index (χ4n) is 0.940. The molecule has 0 spiro atoms. The fraction of sp³-hybridized carbons (Fsp3) is 0.833. The summed E-state index contributed by atoms with van der Waals surface area (Å²) in [4.78, 5) is 0.